The second-order valence-corrected chi connectivity index (χ2v) is 6.41. The summed E-state index contributed by atoms with van der Waals surface area (Å²) in [5.41, 5.74) is 2.44. The van der Waals surface area contributed by atoms with Crippen molar-refractivity contribution in [1.29, 1.82) is 0 Å². The van der Waals surface area contributed by atoms with E-state index >= 15 is 0 Å². The van der Waals surface area contributed by atoms with Crippen LogP contribution in [0.25, 0.3) is 0 Å². The summed E-state index contributed by atoms with van der Waals surface area (Å²) in [5.74, 6) is 0.620. The van der Waals surface area contributed by atoms with E-state index in [0.29, 0.717) is 12.5 Å². The SMILES string of the molecule is CC1CCCN(C(=O)NCc2ccc(CN(C)C)cc2)C1. The van der Waals surface area contributed by atoms with Gasteiger partial charge in [-0.1, -0.05) is 31.2 Å². The molecule has 1 aromatic carbocycles. The first-order valence-electron chi connectivity index (χ1n) is 7.80. The lowest BCUT2D eigenvalue weighted by molar-refractivity contribution is 0.169. The topological polar surface area (TPSA) is 35.6 Å². The van der Waals surface area contributed by atoms with E-state index in [4.69, 9.17) is 0 Å². The molecule has 21 heavy (non-hydrogen) atoms. The first-order valence-corrected chi connectivity index (χ1v) is 7.80. The summed E-state index contributed by atoms with van der Waals surface area (Å²) in [6.07, 6.45) is 2.35. The van der Waals surface area contributed by atoms with Gasteiger partial charge in [0.1, 0.15) is 0 Å². The fourth-order valence-electron chi connectivity index (χ4n) is 2.79. The Hall–Kier alpha value is -1.55. The van der Waals surface area contributed by atoms with Gasteiger partial charge in [-0.25, -0.2) is 4.79 Å². The number of nitrogens with one attached hydrogen (secondary N) is 1. The highest BCUT2D eigenvalue weighted by Gasteiger charge is 2.20. The van der Waals surface area contributed by atoms with Crippen LogP contribution in [0.15, 0.2) is 24.3 Å². The fourth-order valence-corrected chi connectivity index (χ4v) is 2.79. The maximum Gasteiger partial charge on any atom is 0.317 e. The van der Waals surface area contributed by atoms with Crippen LogP contribution in [0, 0.1) is 5.92 Å². The van der Waals surface area contributed by atoms with Crippen LogP contribution in [-0.4, -0.2) is 43.0 Å². The number of likely N-dealkylation sites (tertiary alicyclic amines) is 1. The molecule has 0 spiro atoms. The molecule has 2 rings (SSSR count). The molecule has 1 atom stereocenters. The van der Waals surface area contributed by atoms with E-state index in [1.165, 1.54) is 12.0 Å². The molecule has 1 unspecified atom stereocenters. The highest BCUT2D eigenvalue weighted by molar-refractivity contribution is 5.74. The van der Waals surface area contributed by atoms with Gasteiger partial charge in [0.15, 0.2) is 0 Å². The predicted molar refractivity (Wildman–Crippen MR) is 86.0 cm³/mol. The van der Waals surface area contributed by atoms with Crippen LogP contribution < -0.4 is 5.32 Å². The Bertz CT molecular complexity index is 456. The Kier molecular flexibility index (Phi) is 5.62. The van der Waals surface area contributed by atoms with Gasteiger partial charge in [-0.3, -0.25) is 0 Å². The highest BCUT2D eigenvalue weighted by Crippen LogP contribution is 2.15. The summed E-state index contributed by atoms with van der Waals surface area (Å²) in [5, 5.41) is 3.03. The molecule has 2 amide bonds. The van der Waals surface area contributed by atoms with E-state index in [9.17, 15) is 4.79 Å². The zero-order valence-corrected chi connectivity index (χ0v) is 13.4. The molecule has 1 aliphatic rings. The Morgan fingerprint density at radius 1 is 1.29 bits per heavy atom. The number of carbonyl (C=O) groups excluding carboxylic acids is 1. The first kappa shape index (κ1) is 15.8. The lowest BCUT2D eigenvalue weighted by Crippen LogP contribution is -2.44. The largest absolute Gasteiger partial charge is 0.334 e. The average molecular weight is 289 g/mol. The third kappa shape index (κ3) is 5.05. The van der Waals surface area contributed by atoms with E-state index in [0.717, 1.165) is 31.6 Å². The molecular formula is C17H27N3O. The number of piperidine rings is 1. The van der Waals surface area contributed by atoms with Crippen molar-refractivity contribution in [2.45, 2.75) is 32.9 Å². The van der Waals surface area contributed by atoms with E-state index in [-0.39, 0.29) is 6.03 Å². The van der Waals surface area contributed by atoms with Crippen molar-refractivity contribution in [3.8, 4) is 0 Å². The van der Waals surface area contributed by atoms with Crippen LogP contribution in [0.2, 0.25) is 0 Å². The number of nitrogens with zero attached hydrogens (tertiary/aromatic N) is 2. The monoisotopic (exact) mass is 289 g/mol. The van der Waals surface area contributed by atoms with Crippen molar-refractivity contribution in [3.63, 3.8) is 0 Å². The quantitative estimate of drug-likeness (QED) is 0.925. The molecule has 1 fully saturated rings. The van der Waals surface area contributed by atoms with Crippen LogP contribution in [-0.2, 0) is 13.1 Å². The van der Waals surface area contributed by atoms with Gasteiger partial charge in [0, 0.05) is 26.2 Å². The molecule has 4 nitrogen and oxygen atoms in total. The van der Waals surface area contributed by atoms with E-state index < -0.39 is 0 Å². The van der Waals surface area contributed by atoms with E-state index in [2.05, 4.69) is 55.5 Å². The Morgan fingerprint density at radius 3 is 2.57 bits per heavy atom. The maximum absolute atomic E-state index is 12.1. The molecule has 0 bridgehead atoms. The molecule has 1 saturated heterocycles. The number of amides is 2. The smallest absolute Gasteiger partial charge is 0.317 e. The van der Waals surface area contributed by atoms with Crippen molar-refractivity contribution in [1.82, 2.24) is 15.1 Å². The fraction of sp³-hybridized carbons (Fsp3) is 0.588. The standard InChI is InChI=1S/C17H27N3O/c1-14-5-4-10-20(12-14)17(21)18-11-15-6-8-16(9-7-15)13-19(2)3/h6-9,14H,4-5,10-13H2,1-3H3,(H,18,21). The lowest BCUT2D eigenvalue weighted by Gasteiger charge is -2.30. The number of carbonyl (C=O) groups is 1. The minimum atomic E-state index is 0.0684. The molecule has 1 heterocycles. The van der Waals surface area contributed by atoms with Crippen molar-refractivity contribution >= 4 is 6.03 Å². The molecule has 1 N–H and O–H groups in total. The van der Waals surface area contributed by atoms with Gasteiger partial charge in [-0.05, 0) is 44.0 Å². The third-order valence-electron chi connectivity index (χ3n) is 3.91. The number of hydrogen-bond acceptors (Lipinski definition) is 2. The average Bonchev–Trinajstić information content (AvgIpc) is 2.45. The van der Waals surface area contributed by atoms with Crippen molar-refractivity contribution in [2.75, 3.05) is 27.2 Å². The number of rotatable bonds is 4. The van der Waals surface area contributed by atoms with Crippen LogP contribution in [0.3, 0.4) is 0 Å². The second kappa shape index (κ2) is 7.46. The maximum atomic E-state index is 12.1. The molecule has 4 heteroatoms. The van der Waals surface area contributed by atoms with Gasteiger partial charge in [0.25, 0.3) is 0 Å². The minimum absolute atomic E-state index is 0.0684. The van der Waals surface area contributed by atoms with Gasteiger partial charge < -0.3 is 15.1 Å². The number of hydrogen-bond donors (Lipinski definition) is 1. The zero-order chi connectivity index (χ0) is 15.2. The zero-order valence-electron chi connectivity index (χ0n) is 13.4. The van der Waals surface area contributed by atoms with Crippen molar-refractivity contribution in [3.05, 3.63) is 35.4 Å². The van der Waals surface area contributed by atoms with Crippen LogP contribution in [0.4, 0.5) is 4.79 Å². The Labute approximate surface area is 128 Å². The van der Waals surface area contributed by atoms with Gasteiger partial charge in [-0.2, -0.15) is 0 Å². The summed E-state index contributed by atoms with van der Waals surface area (Å²) in [4.78, 5) is 16.2. The number of benzene rings is 1. The summed E-state index contributed by atoms with van der Waals surface area (Å²) in [7, 11) is 4.13. The molecule has 0 aromatic heterocycles. The minimum Gasteiger partial charge on any atom is -0.334 e. The highest BCUT2D eigenvalue weighted by atomic mass is 16.2. The molecule has 1 aliphatic heterocycles. The summed E-state index contributed by atoms with van der Waals surface area (Å²) in [6, 6.07) is 8.52. The van der Waals surface area contributed by atoms with Gasteiger partial charge >= 0.3 is 6.03 Å². The molecule has 0 radical (unpaired) electrons. The van der Waals surface area contributed by atoms with Crippen LogP contribution in [0.1, 0.15) is 30.9 Å². The van der Waals surface area contributed by atoms with E-state index in [1.807, 2.05) is 4.90 Å². The van der Waals surface area contributed by atoms with Crippen molar-refractivity contribution < 1.29 is 4.79 Å². The normalized spacial score (nSPS) is 18.9. The van der Waals surface area contributed by atoms with Crippen molar-refractivity contribution in [2.24, 2.45) is 5.92 Å². The summed E-state index contributed by atoms with van der Waals surface area (Å²) < 4.78 is 0. The molecule has 116 valence electrons. The molecule has 0 aliphatic carbocycles. The lowest BCUT2D eigenvalue weighted by atomic mass is 10.0. The molecule has 1 aromatic rings. The molecular weight excluding hydrogens is 262 g/mol. The predicted octanol–water partition coefficient (Wildman–Crippen LogP) is 2.69. The summed E-state index contributed by atoms with van der Waals surface area (Å²) >= 11 is 0. The molecule has 0 saturated carbocycles. The first-order chi connectivity index (χ1) is 10.0. The van der Waals surface area contributed by atoms with Gasteiger partial charge in [0.2, 0.25) is 0 Å². The van der Waals surface area contributed by atoms with Gasteiger partial charge in [0.05, 0.1) is 0 Å². The number of urea groups is 1. The van der Waals surface area contributed by atoms with Crippen LogP contribution in [0.5, 0.6) is 0 Å². The summed E-state index contributed by atoms with van der Waals surface area (Å²) in [6.45, 7) is 5.53. The van der Waals surface area contributed by atoms with Gasteiger partial charge in [-0.15, -0.1) is 0 Å². The second-order valence-electron chi connectivity index (χ2n) is 6.41. The Morgan fingerprint density at radius 2 is 1.95 bits per heavy atom. The van der Waals surface area contributed by atoms with Crippen LogP contribution >= 0.6 is 0 Å². The van der Waals surface area contributed by atoms with E-state index in [1.54, 1.807) is 0 Å². The Balaban J connectivity index is 1.80. The third-order valence-corrected chi connectivity index (χ3v) is 3.91.